The molecule has 1 fully saturated rings. The zero-order valence-electron chi connectivity index (χ0n) is 12.1. The van der Waals surface area contributed by atoms with Crippen LogP contribution < -0.4 is 10.1 Å². The number of nitrogens with zero attached hydrogens (tertiary/aromatic N) is 1. The van der Waals surface area contributed by atoms with Gasteiger partial charge in [-0.15, -0.1) is 6.58 Å². The Morgan fingerprint density at radius 2 is 2.20 bits per heavy atom. The summed E-state index contributed by atoms with van der Waals surface area (Å²) < 4.78 is 5.62. The lowest BCUT2D eigenvalue weighted by molar-refractivity contribution is 0.166. The van der Waals surface area contributed by atoms with Crippen molar-refractivity contribution in [2.75, 3.05) is 32.8 Å². The first kappa shape index (κ1) is 13.7. The number of fused-ring (bicyclic) bond motifs is 1. The Morgan fingerprint density at radius 3 is 3.00 bits per heavy atom. The second-order valence-electron chi connectivity index (χ2n) is 5.63. The van der Waals surface area contributed by atoms with E-state index in [1.165, 1.54) is 11.1 Å². The van der Waals surface area contributed by atoms with Gasteiger partial charge in [-0.05, 0) is 30.0 Å². The summed E-state index contributed by atoms with van der Waals surface area (Å²) in [5.41, 5.74) is 2.82. The number of allylic oxidation sites excluding steroid dienone is 1. The maximum absolute atomic E-state index is 5.62. The predicted octanol–water partition coefficient (Wildman–Crippen LogP) is 2.53. The third-order valence-corrected chi connectivity index (χ3v) is 4.33. The van der Waals surface area contributed by atoms with E-state index < -0.39 is 0 Å². The third-order valence-electron chi connectivity index (χ3n) is 4.33. The molecule has 0 spiro atoms. The fourth-order valence-electron chi connectivity index (χ4n) is 3.24. The van der Waals surface area contributed by atoms with Crippen LogP contribution in [-0.2, 0) is 6.42 Å². The molecule has 20 heavy (non-hydrogen) atoms. The molecule has 0 bridgehead atoms. The average Bonchev–Trinajstić information content (AvgIpc) is 2.96. The van der Waals surface area contributed by atoms with Gasteiger partial charge in [0.2, 0.25) is 0 Å². The lowest BCUT2D eigenvalue weighted by Gasteiger charge is -2.35. The summed E-state index contributed by atoms with van der Waals surface area (Å²) in [5.74, 6) is 1.08. The van der Waals surface area contributed by atoms with E-state index in [1.54, 1.807) is 0 Å². The van der Waals surface area contributed by atoms with Crippen molar-refractivity contribution < 1.29 is 4.74 Å². The molecule has 1 N–H and O–H groups in total. The van der Waals surface area contributed by atoms with Gasteiger partial charge in [-0.3, -0.25) is 4.90 Å². The standard InChI is InChI=1S/C17H24N2O/c1-2-3-4-16(19-10-8-18-9-11-19)14-5-6-17-15(13-14)7-12-20-17/h2,5-6,13,16,18H,1,3-4,7-12H2/t16-/m1/s1. The van der Waals surface area contributed by atoms with E-state index in [0.717, 1.165) is 57.8 Å². The normalized spacial score (nSPS) is 20.2. The highest BCUT2D eigenvalue weighted by Gasteiger charge is 2.23. The number of rotatable bonds is 5. The Morgan fingerprint density at radius 1 is 1.35 bits per heavy atom. The van der Waals surface area contributed by atoms with E-state index in [-0.39, 0.29) is 0 Å². The molecule has 2 aliphatic heterocycles. The molecule has 0 aliphatic carbocycles. The van der Waals surface area contributed by atoms with Crippen LogP contribution in [0.4, 0.5) is 0 Å². The summed E-state index contributed by atoms with van der Waals surface area (Å²) >= 11 is 0. The molecule has 3 rings (SSSR count). The number of benzene rings is 1. The molecule has 1 aromatic rings. The van der Waals surface area contributed by atoms with Crippen molar-refractivity contribution in [2.24, 2.45) is 0 Å². The Labute approximate surface area is 121 Å². The Bertz CT molecular complexity index is 466. The van der Waals surface area contributed by atoms with Gasteiger partial charge in [-0.1, -0.05) is 18.2 Å². The quantitative estimate of drug-likeness (QED) is 0.834. The van der Waals surface area contributed by atoms with Crippen LogP contribution in [0.3, 0.4) is 0 Å². The van der Waals surface area contributed by atoms with Gasteiger partial charge < -0.3 is 10.1 Å². The van der Waals surface area contributed by atoms with Gasteiger partial charge >= 0.3 is 0 Å². The third kappa shape index (κ3) is 2.89. The molecule has 108 valence electrons. The zero-order chi connectivity index (χ0) is 13.8. The van der Waals surface area contributed by atoms with Crippen LogP contribution in [0.25, 0.3) is 0 Å². The van der Waals surface area contributed by atoms with E-state index in [0.29, 0.717) is 6.04 Å². The second-order valence-corrected chi connectivity index (χ2v) is 5.63. The lowest BCUT2D eigenvalue weighted by Crippen LogP contribution is -2.45. The van der Waals surface area contributed by atoms with E-state index >= 15 is 0 Å². The summed E-state index contributed by atoms with van der Waals surface area (Å²) in [6, 6.07) is 7.28. The molecule has 1 atom stereocenters. The first-order valence-corrected chi connectivity index (χ1v) is 7.70. The topological polar surface area (TPSA) is 24.5 Å². The second kappa shape index (κ2) is 6.42. The minimum absolute atomic E-state index is 0.515. The summed E-state index contributed by atoms with van der Waals surface area (Å²) in [7, 11) is 0. The Hall–Kier alpha value is -1.32. The van der Waals surface area contributed by atoms with Crippen LogP contribution >= 0.6 is 0 Å². The van der Waals surface area contributed by atoms with Gasteiger partial charge in [0, 0.05) is 38.6 Å². The van der Waals surface area contributed by atoms with Crippen LogP contribution in [0.15, 0.2) is 30.9 Å². The van der Waals surface area contributed by atoms with Crippen molar-refractivity contribution in [3.8, 4) is 5.75 Å². The smallest absolute Gasteiger partial charge is 0.122 e. The van der Waals surface area contributed by atoms with Crippen molar-refractivity contribution in [1.29, 1.82) is 0 Å². The van der Waals surface area contributed by atoms with Crippen LogP contribution in [0, 0.1) is 0 Å². The lowest BCUT2D eigenvalue weighted by atomic mass is 9.97. The highest BCUT2D eigenvalue weighted by molar-refractivity contribution is 5.40. The maximum Gasteiger partial charge on any atom is 0.122 e. The van der Waals surface area contributed by atoms with E-state index in [1.807, 2.05) is 6.08 Å². The maximum atomic E-state index is 5.62. The Kier molecular flexibility index (Phi) is 4.38. The molecular formula is C17H24N2O. The number of hydrogen-bond acceptors (Lipinski definition) is 3. The summed E-state index contributed by atoms with van der Waals surface area (Å²) in [6.07, 6.45) is 5.32. The van der Waals surface area contributed by atoms with Crippen molar-refractivity contribution in [2.45, 2.75) is 25.3 Å². The first-order valence-electron chi connectivity index (χ1n) is 7.70. The predicted molar refractivity (Wildman–Crippen MR) is 82.3 cm³/mol. The van der Waals surface area contributed by atoms with Crippen molar-refractivity contribution in [3.63, 3.8) is 0 Å². The van der Waals surface area contributed by atoms with Crippen molar-refractivity contribution in [3.05, 3.63) is 42.0 Å². The molecule has 0 amide bonds. The highest BCUT2D eigenvalue weighted by Crippen LogP contribution is 2.32. The van der Waals surface area contributed by atoms with E-state index in [2.05, 4.69) is 35.0 Å². The molecule has 0 saturated carbocycles. The molecule has 0 radical (unpaired) electrons. The van der Waals surface area contributed by atoms with Crippen molar-refractivity contribution >= 4 is 0 Å². The monoisotopic (exact) mass is 272 g/mol. The fraction of sp³-hybridized carbons (Fsp3) is 0.529. The molecule has 1 aromatic carbocycles. The number of nitrogens with one attached hydrogen (secondary N) is 1. The van der Waals surface area contributed by atoms with Gasteiger partial charge in [0.15, 0.2) is 0 Å². The molecule has 2 aliphatic rings. The number of piperazine rings is 1. The van der Waals surface area contributed by atoms with E-state index in [9.17, 15) is 0 Å². The Balaban J connectivity index is 1.81. The van der Waals surface area contributed by atoms with E-state index in [4.69, 9.17) is 4.74 Å². The van der Waals surface area contributed by atoms with Crippen LogP contribution in [0.5, 0.6) is 5.75 Å². The molecule has 1 saturated heterocycles. The summed E-state index contributed by atoms with van der Waals surface area (Å²) in [4.78, 5) is 2.61. The van der Waals surface area contributed by atoms with Crippen LogP contribution in [0.1, 0.15) is 30.0 Å². The fourth-order valence-corrected chi connectivity index (χ4v) is 3.24. The molecule has 0 aromatic heterocycles. The minimum Gasteiger partial charge on any atom is -0.493 e. The number of hydrogen-bond donors (Lipinski definition) is 1. The van der Waals surface area contributed by atoms with Gasteiger partial charge in [0.1, 0.15) is 5.75 Å². The van der Waals surface area contributed by atoms with Crippen LogP contribution in [0.2, 0.25) is 0 Å². The minimum atomic E-state index is 0.515. The SMILES string of the molecule is C=CCC[C@H](c1ccc2c(c1)CCO2)N1CCNCC1. The zero-order valence-corrected chi connectivity index (χ0v) is 12.1. The van der Waals surface area contributed by atoms with Gasteiger partial charge in [0.05, 0.1) is 6.61 Å². The molecule has 3 nitrogen and oxygen atoms in total. The van der Waals surface area contributed by atoms with Crippen molar-refractivity contribution in [1.82, 2.24) is 10.2 Å². The first-order chi connectivity index (χ1) is 9.88. The molecule has 0 unspecified atom stereocenters. The van der Waals surface area contributed by atoms with Crippen LogP contribution in [-0.4, -0.2) is 37.7 Å². The number of ether oxygens (including phenoxy) is 1. The summed E-state index contributed by atoms with van der Waals surface area (Å²) in [6.45, 7) is 9.18. The van der Waals surface area contributed by atoms with Gasteiger partial charge in [0.25, 0.3) is 0 Å². The summed E-state index contributed by atoms with van der Waals surface area (Å²) in [5, 5.41) is 3.44. The molecule has 2 heterocycles. The highest BCUT2D eigenvalue weighted by atomic mass is 16.5. The molecular weight excluding hydrogens is 248 g/mol. The molecule has 3 heteroatoms. The average molecular weight is 272 g/mol. The van der Waals surface area contributed by atoms with Gasteiger partial charge in [-0.25, -0.2) is 0 Å². The largest absolute Gasteiger partial charge is 0.493 e. The van der Waals surface area contributed by atoms with Gasteiger partial charge in [-0.2, -0.15) is 0 Å².